The second kappa shape index (κ2) is 9.55. The van der Waals surface area contributed by atoms with Crippen LogP contribution in [0, 0.1) is 34.6 Å². The Morgan fingerprint density at radius 1 is 0.839 bits per heavy atom. The molecule has 3 heteroatoms. The third-order valence-corrected chi connectivity index (χ3v) is 6.50. The standard InChI is InChI=1S/C28H34BNO/c1-8-18(3)23-9-11-24(12-10-23)28(31)30-25-15-21(6)27(22(7)16-25)29-26-19(4)13-17(2)14-20(26)5/h9-16,18,29H,8H2,1-7H3,(H,30,31). The average molecular weight is 411 g/mol. The van der Waals surface area contributed by atoms with Crippen molar-refractivity contribution in [3.63, 3.8) is 0 Å². The fraction of sp³-hybridized carbons (Fsp3) is 0.321. The Morgan fingerprint density at radius 3 is 1.81 bits per heavy atom. The van der Waals surface area contributed by atoms with Crippen LogP contribution in [0.3, 0.4) is 0 Å². The fourth-order valence-corrected chi connectivity index (χ4v) is 4.41. The van der Waals surface area contributed by atoms with Gasteiger partial charge < -0.3 is 5.32 Å². The minimum absolute atomic E-state index is 0.0625. The van der Waals surface area contributed by atoms with Crippen LogP contribution in [0.1, 0.15) is 69.9 Å². The first kappa shape index (κ1) is 22.9. The molecule has 1 N–H and O–H groups in total. The van der Waals surface area contributed by atoms with Crippen LogP contribution in [0.15, 0.2) is 48.5 Å². The largest absolute Gasteiger partial charge is 0.322 e. The Morgan fingerprint density at radius 2 is 1.32 bits per heavy atom. The molecule has 1 atom stereocenters. The monoisotopic (exact) mass is 411 g/mol. The van der Waals surface area contributed by atoms with Gasteiger partial charge in [0.1, 0.15) is 0 Å². The molecule has 0 radical (unpaired) electrons. The van der Waals surface area contributed by atoms with E-state index in [0.717, 1.165) is 19.4 Å². The summed E-state index contributed by atoms with van der Waals surface area (Å²) in [7, 11) is 0.918. The number of amides is 1. The van der Waals surface area contributed by atoms with Crippen molar-refractivity contribution in [1.29, 1.82) is 0 Å². The highest BCUT2D eigenvalue weighted by Gasteiger charge is 2.14. The molecule has 1 amide bonds. The Labute approximate surface area is 188 Å². The van der Waals surface area contributed by atoms with Gasteiger partial charge in [-0.1, -0.05) is 76.9 Å². The maximum Gasteiger partial charge on any atom is 0.255 e. The molecule has 2 nitrogen and oxygen atoms in total. The summed E-state index contributed by atoms with van der Waals surface area (Å²) in [6, 6.07) is 16.7. The van der Waals surface area contributed by atoms with Crippen molar-refractivity contribution >= 4 is 29.8 Å². The molecule has 3 aromatic carbocycles. The van der Waals surface area contributed by atoms with E-state index in [0.29, 0.717) is 11.5 Å². The summed E-state index contributed by atoms with van der Waals surface area (Å²) in [5.41, 5.74) is 12.0. The molecule has 0 aliphatic rings. The molecule has 1 unspecified atom stereocenters. The highest BCUT2D eigenvalue weighted by Crippen LogP contribution is 2.20. The number of benzene rings is 3. The summed E-state index contributed by atoms with van der Waals surface area (Å²) < 4.78 is 0. The molecular weight excluding hydrogens is 377 g/mol. The number of carbonyl (C=O) groups is 1. The lowest BCUT2D eigenvalue weighted by Crippen LogP contribution is -2.34. The first-order valence-corrected chi connectivity index (χ1v) is 11.3. The first-order chi connectivity index (χ1) is 14.7. The quantitative estimate of drug-likeness (QED) is 0.542. The van der Waals surface area contributed by atoms with Gasteiger partial charge in [-0.25, -0.2) is 0 Å². The van der Waals surface area contributed by atoms with Gasteiger partial charge in [0, 0.05) is 11.3 Å². The topological polar surface area (TPSA) is 29.1 Å². The Balaban J connectivity index is 1.80. The number of carbonyl (C=O) groups excluding carboxylic acids is 1. The zero-order chi connectivity index (χ0) is 22.7. The van der Waals surface area contributed by atoms with Crippen LogP contribution < -0.4 is 16.2 Å². The van der Waals surface area contributed by atoms with Gasteiger partial charge in [0.2, 0.25) is 0 Å². The van der Waals surface area contributed by atoms with E-state index in [1.54, 1.807) is 0 Å². The highest BCUT2D eigenvalue weighted by molar-refractivity contribution is 6.69. The molecule has 31 heavy (non-hydrogen) atoms. The molecule has 0 saturated heterocycles. The van der Waals surface area contributed by atoms with Crippen LogP contribution >= 0.6 is 0 Å². The number of rotatable bonds is 6. The molecule has 0 saturated carbocycles. The summed E-state index contributed by atoms with van der Waals surface area (Å²) in [6.45, 7) is 15.2. The van der Waals surface area contributed by atoms with Gasteiger partial charge in [0.15, 0.2) is 7.28 Å². The summed E-state index contributed by atoms with van der Waals surface area (Å²) >= 11 is 0. The Bertz CT molecular complexity index is 1050. The summed E-state index contributed by atoms with van der Waals surface area (Å²) in [5, 5.41) is 3.08. The zero-order valence-electron chi connectivity index (χ0n) is 20.0. The predicted octanol–water partition coefficient (Wildman–Crippen LogP) is 5.38. The van der Waals surface area contributed by atoms with E-state index in [1.165, 1.54) is 44.3 Å². The summed E-state index contributed by atoms with van der Waals surface area (Å²) in [6.07, 6.45) is 1.10. The van der Waals surface area contributed by atoms with Crippen molar-refractivity contribution in [3.8, 4) is 0 Å². The second-order valence-corrected chi connectivity index (χ2v) is 9.03. The molecule has 0 heterocycles. The van der Waals surface area contributed by atoms with Gasteiger partial charge in [0.05, 0.1) is 0 Å². The van der Waals surface area contributed by atoms with Gasteiger partial charge in [-0.2, -0.15) is 0 Å². The predicted molar refractivity (Wildman–Crippen MR) is 136 cm³/mol. The van der Waals surface area contributed by atoms with Crippen molar-refractivity contribution in [3.05, 3.63) is 87.5 Å². The molecule has 0 fully saturated rings. The van der Waals surface area contributed by atoms with Gasteiger partial charge in [-0.3, -0.25) is 4.79 Å². The number of anilines is 1. The van der Waals surface area contributed by atoms with E-state index in [9.17, 15) is 4.79 Å². The third-order valence-electron chi connectivity index (χ3n) is 6.50. The van der Waals surface area contributed by atoms with E-state index in [4.69, 9.17) is 0 Å². The average Bonchev–Trinajstić information content (AvgIpc) is 2.71. The molecular formula is C28H34BNO. The van der Waals surface area contributed by atoms with Crippen LogP contribution in [0.25, 0.3) is 0 Å². The maximum atomic E-state index is 12.8. The number of hydrogen-bond donors (Lipinski definition) is 1. The Hall–Kier alpha value is -2.81. The van der Waals surface area contributed by atoms with Crippen molar-refractivity contribution in [2.45, 2.75) is 60.8 Å². The lowest BCUT2D eigenvalue weighted by Gasteiger charge is -2.16. The Kier molecular flexibility index (Phi) is 7.05. The van der Waals surface area contributed by atoms with E-state index < -0.39 is 0 Å². The van der Waals surface area contributed by atoms with Crippen LogP contribution in [-0.4, -0.2) is 13.2 Å². The first-order valence-electron chi connectivity index (χ1n) is 11.3. The highest BCUT2D eigenvalue weighted by atomic mass is 16.1. The van der Waals surface area contributed by atoms with E-state index in [1.807, 2.05) is 12.1 Å². The smallest absolute Gasteiger partial charge is 0.255 e. The van der Waals surface area contributed by atoms with Crippen molar-refractivity contribution in [1.82, 2.24) is 0 Å². The van der Waals surface area contributed by atoms with Crippen LogP contribution in [0.2, 0.25) is 0 Å². The van der Waals surface area contributed by atoms with Gasteiger partial charge >= 0.3 is 0 Å². The van der Waals surface area contributed by atoms with Crippen LogP contribution in [0.5, 0.6) is 0 Å². The summed E-state index contributed by atoms with van der Waals surface area (Å²) in [5.74, 6) is 0.447. The number of aryl methyl sites for hydroxylation is 5. The van der Waals surface area contributed by atoms with E-state index in [-0.39, 0.29) is 5.91 Å². The van der Waals surface area contributed by atoms with Crippen LogP contribution in [-0.2, 0) is 0 Å². The zero-order valence-corrected chi connectivity index (χ0v) is 20.0. The molecule has 3 rings (SSSR count). The number of hydrogen-bond acceptors (Lipinski definition) is 1. The summed E-state index contributed by atoms with van der Waals surface area (Å²) in [4.78, 5) is 12.8. The molecule has 3 aromatic rings. The lowest BCUT2D eigenvalue weighted by atomic mass is 9.58. The second-order valence-electron chi connectivity index (χ2n) is 9.03. The lowest BCUT2D eigenvalue weighted by molar-refractivity contribution is 0.102. The van der Waals surface area contributed by atoms with E-state index in [2.05, 4.69) is 90.2 Å². The minimum atomic E-state index is -0.0625. The molecule has 0 spiro atoms. The van der Waals surface area contributed by atoms with Crippen molar-refractivity contribution in [2.75, 3.05) is 5.32 Å². The third kappa shape index (κ3) is 5.28. The molecule has 0 bridgehead atoms. The molecule has 0 aliphatic carbocycles. The van der Waals surface area contributed by atoms with Gasteiger partial charge in [0.25, 0.3) is 5.91 Å². The normalized spacial score (nSPS) is 11.8. The molecule has 0 aromatic heterocycles. The van der Waals surface area contributed by atoms with E-state index >= 15 is 0 Å². The van der Waals surface area contributed by atoms with Gasteiger partial charge in [-0.05, 0) is 76.8 Å². The fourth-order valence-electron chi connectivity index (χ4n) is 4.41. The maximum absolute atomic E-state index is 12.8. The molecule has 0 aliphatic heterocycles. The van der Waals surface area contributed by atoms with Gasteiger partial charge in [-0.15, -0.1) is 0 Å². The molecule has 160 valence electrons. The van der Waals surface area contributed by atoms with Crippen LogP contribution in [0.4, 0.5) is 5.69 Å². The minimum Gasteiger partial charge on any atom is -0.322 e. The SMILES string of the molecule is CCC(C)c1ccc(C(=O)Nc2cc(C)c(Bc3c(C)cc(C)cc3C)c(C)c2)cc1. The number of nitrogens with one attached hydrogen (secondary N) is 1. The van der Waals surface area contributed by atoms with Crippen molar-refractivity contribution < 1.29 is 4.79 Å². The van der Waals surface area contributed by atoms with Crippen molar-refractivity contribution in [2.24, 2.45) is 0 Å².